The molecule has 0 fully saturated rings. The Bertz CT molecular complexity index is 1470. The molecule has 0 N–H and O–H groups in total. The second kappa shape index (κ2) is 9.05. The van der Waals surface area contributed by atoms with Crippen molar-refractivity contribution in [1.82, 2.24) is 0 Å². The van der Waals surface area contributed by atoms with E-state index in [1.54, 1.807) is 36.4 Å². The molecule has 0 atom stereocenters. The van der Waals surface area contributed by atoms with Crippen LogP contribution in [0.15, 0.2) is 47.6 Å². The Morgan fingerprint density at radius 2 is 1.47 bits per heavy atom. The molecule has 0 saturated heterocycles. The van der Waals surface area contributed by atoms with Crippen LogP contribution in [-0.2, 0) is 0 Å². The van der Waals surface area contributed by atoms with E-state index in [0.717, 1.165) is 11.3 Å². The molecule has 0 radical (unpaired) electrons. The number of hydrogen-bond donors (Lipinski definition) is 0. The summed E-state index contributed by atoms with van der Waals surface area (Å²) in [6, 6.07) is 11.2. The van der Waals surface area contributed by atoms with Gasteiger partial charge in [-0.05, 0) is 53.6 Å². The van der Waals surface area contributed by atoms with Crippen molar-refractivity contribution < 1.29 is 31.8 Å². The minimum Gasteiger partial charge on any atom is -0.497 e. The average molecular weight is 487 g/mol. The summed E-state index contributed by atoms with van der Waals surface area (Å²) in [6.07, 6.45) is 0. The Morgan fingerprint density at radius 1 is 0.882 bits per heavy atom. The fraction of sp³-hybridized carbons (Fsp3) is 0.0870. The molecule has 172 valence electrons. The highest BCUT2D eigenvalue weighted by molar-refractivity contribution is 7.22. The van der Waals surface area contributed by atoms with Crippen molar-refractivity contribution in [2.45, 2.75) is 0 Å². The SMILES string of the molecule is COc1ccc(-c2sc3cc(OC)ccc3c2C(=O)c2c(F)c(F)c(N=[N+]=[N-])c(F)c2F)cc1. The van der Waals surface area contributed by atoms with Crippen molar-refractivity contribution in [3.8, 4) is 21.9 Å². The molecule has 0 aliphatic rings. The van der Waals surface area contributed by atoms with Gasteiger partial charge < -0.3 is 9.47 Å². The highest BCUT2D eigenvalue weighted by Gasteiger charge is 2.32. The van der Waals surface area contributed by atoms with Gasteiger partial charge in [0.1, 0.15) is 22.7 Å². The summed E-state index contributed by atoms with van der Waals surface area (Å²) >= 11 is 1.13. The van der Waals surface area contributed by atoms with Crippen molar-refractivity contribution in [1.29, 1.82) is 0 Å². The van der Waals surface area contributed by atoms with E-state index in [4.69, 9.17) is 15.0 Å². The molecule has 6 nitrogen and oxygen atoms in total. The molecule has 0 spiro atoms. The Morgan fingerprint density at radius 3 is 2.03 bits per heavy atom. The van der Waals surface area contributed by atoms with Crippen LogP contribution in [0.25, 0.3) is 31.0 Å². The lowest BCUT2D eigenvalue weighted by Gasteiger charge is -2.10. The third kappa shape index (κ3) is 3.70. The van der Waals surface area contributed by atoms with Gasteiger partial charge in [0.15, 0.2) is 23.3 Å². The molecule has 0 bridgehead atoms. The molecule has 0 amide bonds. The third-order valence-corrected chi connectivity index (χ3v) is 6.29. The maximum atomic E-state index is 14.8. The number of hydrogen-bond acceptors (Lipinski definition) is 5. The predicted octanol–water partition coefficient (Wildman–Crippen LogP) is 7.31. The lowest BCUT2D eigenvalue weighted by Crippen LogP contribution is -2.12. The van der Waals surface area contributed by atoms with Gasteiger partial charge in [-0.15, -0.1) is 11.3 Å². The zero-order valence-corrected chi connectivity index (χ0v) is 18.3. The second-order valence-corrected chi connectivity index (χ2v) is 7.95. The molecule has 11 heteroatoms. The first kappa shape index (κ1) is 23.1. The standard InChI is InChI=1S/C23H13F4N3O3S/c1-32-11-5-3-10(4-6-11)23-15(13-8-7-12(33-2)9-14(13)34-23)22(31)16-17(24)19(26)21(29-30-28)20(27)18(16)25/h3-9H,1-2H3. The van der Waals surface area contributed by atoms with Gasteiger partial charge in [0.25, 0.3) is 0 Å². The van der Waals surface area contributed by atoms with Gasteiger partial charge in [-0.1, -0.05) is 5.11 Å². The summed E-state index contributed by atoms with van der Waals surface area (Å²) in [5, 5.41) is 2.96. The number of carbonyl (C=O) groups excluding carboxylic acids is 1. The van der Waals surface area contributed by atoms with Crippen LogP contribution in [0.5, 0.6) is 11.5 Å². The minimum absolute atomic E-state index is 0.152. The smallest absolute Gasteiger partial charge is 0.201 e. The summed E-state index contributed by atoms with van der Waals surface area (Å²) < 4.78 is 69.3. The fourth-order valence-corrected chi connectivity index (χ4v) is 4.69. The van der Waals surface area contributed by atoms with Gasteiger partial charge in [-0.2, -0.15) is 0 Å². The van der Waals surface area contributed by atoms with E-state index in [2.05, 4.69) is 10.0 Å². The number of halogens is 4. The first-order chi connectivity index (χ1) is 16.3. The second-order valence-electron chi connectivity index (χ2n) is 6.89. The first-order valence-corrected chi connectivity index (χ1v) is 10.3. The number of carbonyl (C=O) groups is 1. The van der Waals surface area contributed by atoms with E-state index in [-0.39, 0.29) is 5.56 Å². The first-order valence-electron chi connectivity index (χ1n) is 9.53. The molecule has 1 aromatic heterocycles. The number of thiophene rings is 1. The van der Waals surface area contributed by atoms with Crippen molar-refractivity contribution in [2.24, 2.45) is 5.11 Å². The number of benzene rings is 3. The summed E-state index contributed by atoms with van der Waals surface area (Å²) in [4.78, 5) is 15.9. The van der Waals surface area contributed by atoms with Gasteiger partial charge in [-0.3, -0.25) is 4.79 Å². The molecular formula is C23H13F4N3O3S. The molecular weight excluding hydrogens is 474 g/mol. The summed E-state index contributed by atoms with van der Waals surface area (Å²) in [5.74, 6) is -8.11. The van der Waals surface area contributed by atoms with Crippen LogP contribution >= 0.6 is 11.3 Å². The highest BCUT2D eigenvalue weighted by atomic mass is 32.1. The fourth-order valence-electron chi connectivity index (χ4n) is 3.45. The van der Waals surface area contributed by atoms with Crippen LogP contribution in [0, 0.1) is 23.3 Å². The number of ketones is 1. The maximum Gasteiger partial charge on any atom is 0.201 e. The van der Waals surface area contributed by atoms with Gasteiger partial charge in [0.05, 0.1) is 14.2 Å². The zero-order chi connectivity index (χ0) is 24.6. The van der Waals surface area contributed by atoms with E-state index < -0.39 is 40.3 Å². The number of rotatable bonds is 6. The molecule has 3 aromatic carbocycles. The molecule has 0 aliphatic carbocycles. The van der Waals surface area contributed by atoms with Crippen LogP contribution in [-0.4, -0.2) is 20.0 Å². The largest absolute Gasteiger partial charge is 0.497 e. The molecule has 0 aliphatic heterocycles. The molecule has 4 aromatic rings. The van der Waals surface area contributed by atoms with Gasteiger partial charge in [-0.25, -0.2) is 17.6 Å². The van der Waals surface area contributed by atoms with Crippen molar-refractivity contribution in [3.63, 3.8) is 0 Å². The third-order valence-electron chi connectivity index (χ3n) is 5.09. The van der Waals surface area contributed by atoms with Crippen LogP contribution in [0.4, 0.5) is 23.2 Å². The molecule has 1 heterocycles. The van der Waals surface area contributed by atoms with Crippen LogP contribution in [0.3, 0.4) is 0 Å². The normalized spacial score (nSPS) is 10.8. The zero-order valence-electron chi connectivity index (χ0n) is 17.5. The lowest BCUT2D eigenvalue weighted by atomic mass is 9.96. The van der Waals surface area contributed by atoms with Crippen molar-refractivity contribution in [2.75, 3.05) is 14.2 Å². The van der Waals surface area contributed by atoms with Crippen LogP contribution < -0.4 is 9.47 Å². The summed E-state index contributed by atoms with van der Waals surface area (Å²) in [7, 11) is 2.93. The Balaban J connectivity index is 2.02. The van der Waals surface area contributed by atoms with E-state index in [1.807, 2.05) is 0 Å². The molecule has 34 heavy (non-hydrogen) atoms. The number of azide groups is 1. The number of ether oxygens (including phenoxy) is 2. The molecule has 4 rings (SSSR count). The van der Waals surface area contributed by atoms with E-state index in [9.17, 15) is 22.4 Å². The minimum atomic E-state index is -1.97. The average Bonchev–Trinajstić information content (AvgIpc) is 3.24. The molecule has 0 saturated carbocycles. The van der Waals surface area contributed by atoms with E-state index in [0.29, 0.717) is 32.0 Å². The monoisotopic (exact) mass is 487 g/mol. The number of fused-ring (bicyclic) bond motifs is 1. The highest BCUT2D eigenvalue weighted by Crippen LogP contribution is 2.43. The number of methoxy groups -OCH3 is 2. The summed E-state index contributed by atoms with van der Waals surface area (Å²) in [5.41, 5.74) is 5.87. The maximum absolute atomic E-state index is 14.8. The quantitative estimate of drug-likeness (QED) is 0.0714. The molecule has 0 unspecified atom stereocenters. The van der Waals surface area contributed by atoms with Gasteiger partial charge in [0.2, 0.25) is 5.78 Å². The van der Waals surface area contributed by atoms with Crippen LogP contribution in [0.2, 0.25) is 0 Å². The Labute approximate surface area is 193 Å². The van der Waals surface area contributed by atoms with Gasteiger partial charge >= 0.3 is 0 Å². The van der Waals surface area contributed by atoms with Crippen molar-refractivity contribution >= 4 is 32.9 Å². The number of nitrogens with zero attached hydrogens (tertiary/aromatic N) is 3. The Hall–Kier alpha value is -4.08. The van der Waals surface area contributed by atoms with Gasteiger partial charge in [0, 0.05) is 25.4 Å². The topological polar surface area (TPSA) is 84.3 Å². The lowest BCUT2D eigenvalue weighted by molar-refractivity contribution is 0.103. The summed E-state index contributed by atoms with van der Waals surface area (Å²) in [6.45, 7) is 0. The predicted molar refractivity (Wildman–Crippen MR) is 119 cm³/mol. The van der Waals surface area contributed by atoms with E-state index in [1.165, 1.54) is 20.3 Å². The Kier molecular flexibility index (Phi) is 6.14. The van der Waals surface area contributed by atoms with Crippen LogP contribution in [0.1, 0.15) is 15.9 Å². The van der Waals surface area contributed by atoms with Crippen molar-refractivity contribution in [3.05, 3.63) is 87.3 Å². The van der Waals surface area contributed by atoms with E-state index >= 15 is 0 Å².